The van der Waals surface area contributed by atoms with E-state index >= 15 is 0 Å². The molecular formula is C33H36N6O5S. The zero-order valence-electron chi connectivity index (χ0n) is 25.1. The lowest BCUT2D eigenvalue weighted by Gasteiger charge is -2.41. The van der Waals surface area contributed by atoms with Crippen molar-refractivity contribution >= 4 is 43.4 Å². The molecule has 0 spiro atoms. The summed E-state index contributed by atoms with van der Waals surface area (Å²) in [5, 5.41) is 18.5. The number of fused-ring (bicyclic) bond motifs is 4. The Morgan fingerprint density at radius 2 is 1.80 bits per heavy atom. The van der Waals surface area contributed by atoms with Gasteiger partial charge in [-0.15, -0.1) is 0 Å². The van der Waals surface area contributed by atoms with Gasteiger partial charge in [-0.3, -0.25) is 9.69 Å². The summed E-state index contributed by atoms with van der Waals surface area (Å²) in [6.45, 7) is 6.16. The molecule has 1 amide bonds. The van der Waals surface area contributed by atoms with E-state index in [-0.39, 0.29) is 29.9 Å². The Bertz CT molecular complexity index is 1940. The predicted molar refractivity (Wildman–Crippen MR) is 173 cm³/mol. The van der Waals surface area contributed by atoms with Gasteiger partial charge in [0.1, 0.15) is 23.1 Å². The number of piperazine rings is 1. The number of carbonyl (C=O) groups excluding carboxylic acids is 1. The van der Waals surface area contributed by atoms with E-state index in [1.54, 1.807) is 17.0 Å². The van der Waals surface area contributed by atoms with Crippen LogP contribution in [0.25, 0.3) is 32.8 Å². The van der Waals surface area contributed by atoms with Gasteiger partial charge < -0.3 is 19.6 Å². The minimum Gasteiger partial charge on any atom is -0.508 e. The first-order valence-electron chi connectivity index (χ1n) is 15.2. The van der Waals surface area contributed by atoms with Gasteiger partial charge in [0.25, 0.3) is 0 Å². The van der Waals surface area contributed by atoms with Crippen LogP contribution in [0.15, 0.2) is 66.9 Å². The highest BCUT2D eigenvalue weighted by molar-refractivity contribution is 7.89. The average Bonchev–Trinajstić information content (AvgIpc) is 3.54. The number of phenols is 1. The molecule has 2 unspecified atom stereocenters. The molecule has 3 fully saturated rings. The summed E-state index contributed by atoms with van der Waals surface area (Å²) in [5.41, 5.74) is 2.44. The lowest BCUT2D eigenvalue weighted by Crippen LogP contribution is -2.57. The monoisotopic (exact) mass is 628 g/mol. The number of phenolic OH excluding ortho intramolecular Hbond substituents is 1. The van der Waals surface area contributed by atoms with Crippen LogP contribution < -0.4 is 14.8 Å². The molecule has 2 bridgehead atoms. The molecule has 0 saturated carbocycles. The van der Waals surface area contributed by atoms with Crippen molar-refractivity contribution in [2.24, 2.45) is 5.14 Å². The number of benzene rings is 3. The van der Waals surface area contributed by atoms with Crippen LogP contribution in [-0.2, 0) is 14.8 Å². The first-order valence-corrected chi connectivity index (χ1v) is 16.9. The average molecular weight is 629 g/mol. The van der Waals surface area contributed by atoms with Gasteiger partial charge >= 0.3 is 6.01 Å². The van der Waals surface area contributed by atoms with Crippen molar-refractivity contribution in [3.8, 4) is 22.9 Å². The van der Waals surface area contributed by atoms with E-state index in [0.29, 0.717) is 30.2 Å². The van der Waals surface area contributed by atoms with E-state index in [9.17, 15) is 18.3 Å². The Labute approximate surface area is 262 Å². The Hall–Kier alpha value is -4.26. The number of aromatic hydroxyl groups is 1. The van der Waals surface area contributed by atoms with Gasteiger partial charge in [-0.25, -0.2) is 13.6 Å². The number of likely N-dealkylation sites (N-methyl/N-ethyl adjacent to an activating group) is 1. The lowest BCUT2D eigenvalue weighted by atomic mass is 9.97. The van der Waals surface area contributed by atoms with Crippen LogP contribution in [0.5, 0.6) is 11.8 Å². The highest BCUT2D eigenvalue weighted by Gasteiger charge is 2.44. The molecule has 3 N–H and O–H groups in total. The van der Waals surface area contributed by atoms with Gasteiger partial charge in [0.15, 0.2) is 0 Å². The fraction of sp³-hybridized carbons (Fsp3) is 0.364. The number of ether oxygens (including phenoxy) is 1. The molecule has 1 aromatic heterocycles. The van der Waals surface area contributed by atoms with E-state index in [1.165, 1.54) is 0 Å². The van der Waals surface area contributed by atoms with Gasteiger partial charge in [-0.2, -0.15) is 9.97 Å². The molecule has 3 aliphatic heterocycles. The minimum absolute atomic E-state index is 0.0713. The van der Waals surface area contributed by atoms with Crippen LogP contribution in [-0.4, -0.2) is 89.8 Å². The number of sulfonamides is 1. The number of likely N-dealkylation sites (tertiary alicyclic amines) is 1. The Morgan fingerprint density at radius 1 is 1.04 bits per heavy atom. The second-order valence-corrected chi connectivity index (χ2v) is 14.0. The number of nitrogens with zero attached hydrogens (tertiary/aromatic N) is 5. The summed E-state index contributed by atoms with van der Waals surface area (Å²) >= 11 is 0. The fourth-order valence-electron chi connectivity index (χ4n) is 7.31. The Kier molecular flexibility index (Phi) is 7.38. The largest absolute Gasteiger partial charge is 0.508 e. The van der Waals surface area contributed by atoms with E-state index in [2.05, 4.69) is 23.4 Å². The molecule has 12 heteroatoms. The number of aromatic nitrogens is 2. The highest BCUT2D eigenvalue weighted by atomic mass is 32.2. The molecule has 4 aromatic rings. The molecule has 3 saturated heterocycles. The first kappa shape index (κ1) is 29.5. The van der Waals surface area contributed by atoms with E-state index in [4.69, 9.17) is 19.8 Å². The maximum atomic E-state index is 12.9. The zero-order chi connectivity index (χ0) is 31.5. The first-order chi connectivity index (χ1) is 21.5. The second-order valence-electron chi connectivity index (χ2n) is 12.4. The number of nitrogens with two attached hydrogens (primary N) is 1. The zero-order valence-corrected chi connectivity index (χ0v) is 25.9. The predicted octanol–water partition coefficient (Wildman–Crippen LogP) is 3.61. The van der Waals surface area contributed by atoms with Crippen molar-refractivity contribution in [2.75, 3.05) is 37.3 Å². The number of carbonyl (C=O) groups is 1. The summed E-state index contributed by atoms with van der Waals surface area (Å²) in [6, 6.07) is 17.4. The van der Waals surface area contributed by atoms with Gasteiger partial charge in [0.2, 0.25) is 15.9 Å². The van der Waals surface area contributed by atoms with Crippen LogP contribution >= 0.6 is 0 Å². The topological polar surface area (TPSA) is 142 Å². The molecule has 7 rings (SSSR count). The maximum Gasteiger partial charge on any atom is 0.324 e. The van der Waals surface area contributed by atoms with Crippen LogP contribution in [0.3, 0.4) is 0 Å². The molecular weight excluding hydrogens is 592 g/mol. The molecule has 0 aliphatic carbocycles. The number of primary sulfonamides is 1. The van der Waals surface area contributed by atoms with E-state index in [0.717, 1.165) is 59.5 Å². The van der Waals surface area contributed by atoms with Gasteiger partial charge in [-0.1, -0.05) is 36.9 Å². The van der Waals surface area contributed by atoms with Gasteiger partial charge in [0, 0.05) is 30.6 Å². The van der Waals surface area contributed by atoms with E-state index in [1.807, 2.05) is 42.5 Å². The van der Waals surface area contributed by atoms with Gasteiger partial charge in [0.05, 0.1) is 11.6 Å². The van der Waals surface area contributed by atoms with E-state index < -0.39 is 21.7 Å². The molecule has 11 nitrogen and oxygen atoms in total. The summed E-state index contributed by atoms with van der Waals surface area (Å²) in [5.74, 6) is 0.303. The van der Waals surface area contributed by atoms with Crippen molar-refractivity contribution in [1.82, 2.24) is 19.8 Å². The number of hydrogen-bond donors (Lipinski definition) is 2. The van der Waals surface area contributed by atoms with Gasteiger partial charge in [-0.05, 0) is 85.4 Å². The van der Waals surface area contributed by atoms with Crippen LogP contribution in [0.2, 0.25) is 0 Å². The van der Waals surface area contributed by atoms with Crippen LogP contribution in [0, 0.1) is 0 Å². The number of anilines is 1. The highest BCUT2D eigenvalue weighted by Crippen LogP contribution is 2.39. The minimum atomic E-state index is -3.93. The van der Waals surface area contributed by atoms with Crippen molar-refractivity contribution in [3.63, 3.8) is 0 Å². The number of rotatable bonds is 7. The molecule has 234 valence electrons. The van der Waals surface area contributed by atoms with Crippen LogP contribution in [0.4, 0.5) is 5.82 Å². The van der Waals surface area contributed by atoms with Crippen LogP contribution in [0.1, 0.15) is 25.7 Å². The summed E-state index contributed by atoms with van der Waals surface area (Å²) in [4.78, 5) is 28.7. The maximum absolute atomic E-state index is 12.9. The fourth-order valence-corrected chi connectivity index (χ4v) is 7.81. The quantitative estimate of drug-likeness (QED) is 0.294. The standard InChI is InChI=1S/C33H36N6O5S/c1-20(30-8-5-13-37(30)2)44-33-35-29-15-22(28-16-25(40)14-21-6-3-4-7-26(21)28)9-12-27(29)32(36-33)38-17-23-10-11-24(18-38)39(23)31(41)19-45(34,42)43/h3-4,6-7,9,12,14-16,23-24,30,40H,1,5,8,10-11,13,17-19H2,2H3,(H2,34,42,43)/t23?,24?,30-/m0/s1. The molecule has 4 heterocycles. The third-order valence-electron chi connectivity index (χ3n) is 9.32. The number of amides is 1. The normalized spacial score (nSPS) is 22.0. The summed E-state index contributed by atoms with van der Waals surface area (Å²) in [7, 11) is -1.87. The SMILES string of the molecule is C=C(Oc1nc(N2CC3CCC(C2)N3C(=O)CS(N)(=O)=O)c2ccc(-c3cc(O)cc4ccccc34)cc2n1)[C@@H]1CCCN1C. The second kappa shape index (κ2) is 11.3. The molecule has 45 heavy (non-hydrogen) atoms. The summed E-state index contributed by atoms with van der Waals surface area (Å²) < 4.78 is 29.6. The Balaban J connectivity index is 1.29. The van der Waals surface area contributed by atoms with Crippen molar-refractivity contribution in [1.29, 1.82) is 0 Å². The van der Waals surface area contributed by atoms with Crippen molar-refractivity contribution in [2.45, 2.75) is 43.8 Å². The summed E-state index contributed by atoms with van der Waals surface area (Å²) in [6.07, 6.45) is 3.54. The van der Waals surface area contributed by atoms with Crippen molar-refractivity contribution < 1.29 is 23.1 Å². The van der Waals surface area contributed by atoms with Crippen molar-refractivity contribution in [3.05, 3.63) is 66.9 Å². The smallest absolute Gasteiger partial charge is 0.324 e. The Morgan fingerprint density at radius 3 is 2.51 bits per heavy atom. The third-order valence-corrected chi connectivity index (χ3v) is 9.97. The third kappa shape index (κ3) is 5.69. The molecule has 3 atom stereocenters. The lowest BCUT2D eigenvalue weighted by molar-refractivity contribution is -0.131. The molecule has 0 radical (unpaired) electrons. The molecule has 3 aromatic carbocycles. The number of hydrogen-bond acceptors (Lipinski definition) is 9. The molecule has 3 aliphatic rings.